The number of rotatable bonds is 6. The van der Waals surface area contributed by atoms with E-state index in [0.29, 0.717) is 0 Å². The first-order valence-corrected chi connectivity index (χ1v) is 8.20. The van der Waals surface area contributed by atoms with Crippen molar-refractivity contribution in [2.24, 2.45) is 11.8 Å². The molecule has 3 nitrogen and oxygen atoms in total. The predicted molar refractivity (Wildman–Crippen MR) is 82.5 cm³/mol. The van der Waals surface area contributed by atoms with Crippen LogP contribution in [0.2, 0.25) is 0 Å². The molecule has 2 aliphatic rings. The molecule has 0 aromatic carbocycles. The minimum absolute atomic E-state index is 0.720. The minimum Gasteiger partial charge on any atom is -0.313 e. The third-order valence-corrected chi connectivity index (χ3v) is 5.00. The number of fused-ring (bicyclic) bond motifs is 2. The van der Waals surface area contributed by atoms with Crippen LogP contribution in [-0.4, -0.2) is 62.2 Å². The Morgan fingerprint density at radius 1 is 1.16 bits per heavy atom. The highest BCUT2D eigenvalue weighted by Gasteiger charge is 2.39. The van der Waals surface area contributed by atoms with Crippen LogP contribution in [0.15, 0.2) is 0 Å². The molecule has 0 aromatic rings. The van der Waals surface area contributed by atoms with E-state index in [-0.39, 0.29) is 0 Å². The van der Waals surface area contributed by atoms with Crippen molar-refractivity contribution in [3.63, 3.8) is 0 Å². The third-order valence-electron chi connectivity index (χ3n) is 5.00. The zero-order chi connectivity index (χ0) is 13.8. The summed E-state index contributed by atoms with van der Waals surface area (Å²) in [5, 5.41) is 3.89. The van der Waals surface area contributed by atoms with Gasteiger partial charge in [0.2, 0.25) is 0 Å². The lowest BCUT2D eigenvalue weighted by atomic mass is 9.73. The molecular weight excluding hydrogens is 234 g/mol. The zero-order valence-electron chi connectivity index (χ0n) is 13.4. The third kappa shape index (κ3) is 4.17. The van der Waals surface area contributed by atoms with E-state index in [1.807, 2.05) is 0 Å². The summed E-state index contributed by atoms with van der Waals surface area (Å²) in [6.45, 7) is 9.73. The van der Waals surface area contributed by atoms with E-state index in [2.05, 4.69) is 43.1 Å². The second-order valence-electron chi connectivity index (χ2n) is 7.14. The molecule has 0 amide bonds. The summed E-state index contributed by atoms with van der Waals surface area (Å²) in [6.07, 6.45) is 5.60. The van der Waals surface area contributed by atoms with E-state index in [1.54, 1.807) is 0 Å². The van der Waals surface area contributed by atoms with Crippen LogP contribution in [0, 0.1) is 11.8 Å². The van der Waals surface area contributed by atoms with Crippen LogP contribution in [0.4, 0.5) is 0 Å². The van der Waals surface area contributed by atoms with Gasteiger partial charge in [0.05, 0.1) is 0 Å². The largest absolute Gasteiger partial charge is 0.313 e. The van der Waals surface area contributed by atoms with Crippen LogP contribution >= 0.6 is 0 Å². The molecule has 2 bridgehead atoms. The standard InChI is InChI=1S/C16H33N3/c1-13(2)19-11-14-7-5-8-15(12-19)16(14)17-9-6-10-18(3)4/h13-17H,5-12H2,1-4H3. The van der Waals surface area contributed by atoms with Gasteiger partial charge in [-0.3, -0.25) is 0 Å². The van der Waals surface area contributed by atoms with Gasteiger partial charge in [-0.25, -0.2) is 0 Å². The Kier molecular flexibility index (Phi) is 5.67. The number of nitrogens with one attached hydrogen (secondary N) is 1. The van der Waals surface area contributed by atoms with E-state index >= 15 is 0 Å². The van der Waals surface area contributed by atoms with Gasteiger partial charge in [0.1, 0.15) is 0 Å². The Bertz CT molecular complexity index is 251. The van der Waals surface area contributed by atoms with Crippen molar-refractivity contribution in [2.45, 2.75) is 51.6 Å². The van der Waals surface area contributed by atoms with Gasteiger partial charge in [0.15, 0.2) is 0 Å². The average Bonchev–Trinajstić information content (AvgIpc) is 2.33. The maximum Gasteiger partial charge on any atom is 0.0148 e. The Labute approximate surface area is 119 Å². The second-order valence-corrected chi connectivity index (χ2v) is 7.14. The highest BCUT2D eigenvalue weighted by molar-refractivity contribution is 4.95. The predicted octanol–water partition coefficient (Wildman–Crippen LogP) is 2.04. The maximum absolute atomic E-state index is 3.89. The van der Waals surface area contributed by atoms with Crippen LogP contribution in [0.1, 0.15) is 39.5 Å². The summed E-state index contributed by atoms with van der Waals surface area (Å²) < 4.78 is 0. The summed E-state index contributed by atoms with van der Waals surface area (Å²) in [5.41, 5.74) is 0. The topological polar surface area (TPSA) is 18.5 Å². The van der Waals surface area contributed by atoms with Gasteiger partial charge in [0.25, 0.3) is 0 Å². The van der Waals surface area contributed by atoms with Crippen LogP contribution in [0.5, 0.6) is 0 Å². The number of nitrogens with zero attached hydrogens (tertiary/aromatic N) is 2. The molecule has 3 heteroatoms. The first kappa shape index (κ1) is 15.3. The lowest BCUT2D eigenvalue weighted by Gasteiger charge is -2.49. The van der Waals surface area contributed by atoms with Crippen LogP contribution < -0.4 is 5.32 Å². The van der Waals surface area contributed by atoms with Crippen LogP contribution in [0.3, 0.4) is 0 Å². The van der Waals surface area contributed by atoms with Crippen LogP contribution in [0.25, 0.3) is 0 Å². The van der Waals surface area contributed by atoms with Gasteiger partial charge in [-0.15, -0.1) is 0 Å². The number of likely N-dealkylation sites (tertiary alicyclic amines) is 1. The van der Waals surface area contributed by atoms with Crippen molar-refractivity contribution in [2.75, 3.05) is 40.3 Å². The van der Waals surface area contributed by atoms with Crippen molar-refractivity contribution in [3.8, 4) is 0 Å². The molecule has 1 aliphatic carbocycles. The van der Waals surface area contributed by atoms with Gasteiger partial charge >= 0.3 is 0 Å². The molecule has 19 heavy (non-hydrogen) atoms. The molecule has 112 valence electrons. The SMILES string of the molecule is CC(C)N1CC2CCCC(C1)C2NCCCN(C)C. The quantitative estimate of drug-likeness (QED) is 0.743. The molecule has 2 fully saturated rings. The first-order chi connectivity index (χ1) is 9.08. The smallest absolute Gasteiger partial charge is 0.0148 e. The summed E-state index contributed by atoms with van der Waals surface area (Å²) in [4.78, 5) is 4.98. The molecule has 1 aliphatic heterocycles. The molecule has 1 saturated carbocycles. The van der Waals surface area contributed by atoms with Gasteiger partial charge in [0, 0.05) is 25.2 Å². The highest BCUT2D eigenvalue weighted by Crippen LogP contribution is 2.35. The normalized spacial score (nSPS) is 32.2. The minimum atomic E-state index is 0.720. The van der Waals surface area contributed by atoms with Crippen molar-refractivity contribution < 1.29 is 0 Å². The Morgan fingerprint density at radius 3 is 2.32 bits per heavy atom. The molecule has 1 N–H and O–H groups in total. The van der Waals surface area contributed by atoms with E-state index in [0.717, 1.165) is 23.9 Å². The Hall–Kier alpha value is -0.120. The van der Waals surface area contributed by atoms with Gasteiger partial charge in [-0.2, -0.15) is 0 Å². The number of hydrogen-bond acceptors (Lipinski definition) is 3. The average molecular weight is 267 g/mol. The molecule has 1 heterocycles. The Balaban J connectivity index is 1.81. The fraction of sp³-hybridized carbons (Fsp3) is 1.00. The highest BCUT2D eigenvalue weighted by atomic mass is 15.2. The van der Waals surface area contributed by atoms with Crippen LogP contribution in [-0.2, 0) is 0 Å². The van der Waals surface area contributed by atoms with Crippen molar-refractivity contribution in [1.82, 2.24) is 15.1 Å². The lowest BCUT2D eigenvalue weighted by Crippen LogP contribution is -2.58. The van der Waals surface area contributed by atoms with E-state index in [9.17, 15) is 0 Å². The summed E-state index contributed by atoms with van der Waals surface area (Å²) in [5.74, 6) is 1.79. The molecule has 0 aromatic heterocycles. The summed E-state index contributed by atoms with van der Waals surface area (Å²) >= 11 is 0. The number of hydrogen-bond donors (Lipinski definition) is 1. The number of piperidine rings is 1. The van der Waals surface area contributed by atoms with Gasteiger partial charge < -0.3 is 15.1 Å². The Morgan fingerprint density at radius 2 is 1.79 bits per heavy atom. The fourth-order valence-corrected chi connectivity index (χ4v) is 3.89. The van der Waals surface area contributed by atoms with E-state index < -0.39 is 0 Å². The van der Waals surface area contributed by atoms with E-state index in [1.165, 1.54) is 51.9 Å². The molecule has 2 atom stereocenters. The molecular formula is C16H33N3. The lowest BCUT2D eigenvalue weighted by molar-refractivity contribution is 0.0296. The van der Waals surface area contributed by atoms with Crippen molar-refractivity contribution in [3.05, 3.63) is 0 Å². The molecule has 0 radical (unpaired) electrons. The van der Waals surface area contributed by atoms with Crippen molar-refractivity contribution >= 4 is 0 Å². The summed E-state index contributed by atoms with van der Waals surface area (Å²) in [7, 11) is 4.33. The second kappa shape index (κ2) is 7.05. The first-order valence-electron chi connectivity index (χ1n) is 8.20. The molecule has 2 unspecified atom stereocenters. The monoisotopic (exact) mass is 267 g/mol. The fourth-order valence-electron chi connectivity index (χ4n) is 3.89. The van der Waals surface area contributed by atoms with Crippen molar-refractivity contribution in [1.29, 1.82) is 0 Å². The molecule has 0 spiro atoms. The maximum atomic E-state index is 3.89. The van der Waals surface area contributed by atoms with E-state index in [4.69, 9.17) is 0 Å². The zero-order valence-corrected chi connectivity index (χ0v) is 13.4. The molecule has 1 saturated heterocycles. The van der Waals surface area contributed by atoms with Gasteiger partial charge in [-0.1, -0.05) is 6.42 Å². The van der Waals surface area contributed by atoms with Gasteiger partial charge in [-0.05, 0) is 72.1 Å². The summed E-state index contributed by atoms with van der Waals surface area (Å²) in [6, 6.07) is 1.52. The molecule has 2 rings (SSSR count).